The number of piperidine rings is 1. The van der Waals surface area contributed by atoms with E-state index in [-0.39, 0.29) is 17.9 Å². The molecule has 1 aliphatic rings. The maximum absolute atomic E-state index is 12.7. The van der Waals surface area contributed by atoms with Gasteiger partial charge in [-0.3, -0.25) is 0 Å². The summed E-state index contributed by atoms with van der Waals surface area (Å²) in [6.07, 6.45) is 0.817. The minimum absolute atomic E-state index is 0.152. The van der Waals surface area contributed by atoms with Crippen molar-refractivity contribution in [1.29, 1.82) is 0 Å². The third-order valence-electron chi connectivity index (χ3n) is 3.35. The number of likely N-dealkylation sites (tertiary alicyclic amines) is 1. The van der Waals surface area contributed by atoms with Crippen molar-refractivity contribution in [2.45, 2.75) is 19.4 Å². The second kappa shape index (κ2) is 5.35. The Morgan fingerprint density at radius 1 is 1.44 bits per heavy atom. The molecule has 2 atom stereocenters. The molecular formula is C13H18FN3O. The Kier molecular flexibility index (Phi) is 3.81. The molecule has 2 amide bonds. The van der Waals surface area contributed by atoms with E-state index in [0.717, 1.165) is 6.42 Å². The average molecular weight is 251 g/mol. The van der Waals surface area contributed by atoms with E-state index in [2.05, 4.69) is 5.32 Å². The molecule has 1 heterocycles. The van der Waals surface area contributed by atoms with Crippen molar-refractivity contribution in [3.63, 3.8) is 0 Å². The van der Waals surface area contributed by atoms with Gasteiger partial charge in [-0.05, 0) is 36.6 Å². The average Bonchev–Trinajstić information content (AvgIpc) is 2.35. The predicted molar refractivity (Wildman–Crippen MR) is 68.7 cm³/mol. The van der Waals surface area contributed by atoms with Crippen LogP contribution in [0.25, 0.3) is 0 Å². The smallest absolute Gasteiger partial charge is 0.321 e. The molecule has 1 aliphatic heterocycles. The van der Waals surface area contributed by atoms with Crippen LogP contribution < -0.4 is 11.1 Å². The van der Waals surface area contributed by atoms with E-state index in [9.17, 15) is 9.18 Å². The highest BCUT2D eigenvalue weighted by molar-refractivity contribution is 5.89. The first kappa shape index (κ1) is 12.8. The Morgan fingerprint density at radius 2 is 2.11 bits per heavy atom. The van der Waals surface area contributed by atoms with Crippen LogP contribution in [0.4, 0.5) is 14.9 Å². The van der Waals surface area contributed by atoms with E-state index in [1.807, 2.05) is 6.92 Å². The van der Waals surface area contributed by atoms with Crippen LogP contribution in [0.3, 0.4) is 0 Å². The molecule has 3 N–H and O–H groups in total. The summed E-state index contributed by atoms with van der Waals surface area (Å²) >= 11 is 0. The van der Waals surface area contributed by atoms with Gasteiger partial charge in [0.05, 0.1) is 0 Å². The lowest BCUT2D eigenvalue weighted by molar-refractivity contribution is 0.172. The second-order valence-corrected chi connectivity index (χ2v) is 4.81. The Balaban J connectivity index is 1.94. The molecule has 0 aromatic heterocycles. The first-order valence-corrected chi connectivity index (χ1v) is 6.13. The highest BCUT2D eigenvalue weighted by Crippen LogP contribution is 2.16. The molecule has 0 saturated carbocycles. The van der Waals surface area contributed by atoms with Crippen LogP contribution in [-0.2, 0) is 0 Å². The van der Waals surface area contributed by atoms with Gasteiger partial charge in [-0.25, -0.2) is 9.18 Å². The molecule has 2 unspecified atom stereocenters. The largest absolute Gasteiger partial charge is 0.327 e. The molecular weight excluding hydrogens is 233 g/mol. The molecule has 18 heavy (non-hydrogen) atoms. The summed E-state index contributed by atoms with van der Waals surface area (Å²) in [4.78, 5) is 13.7. The van der Waals surface area contributed by atoms with Crippen LogP contribution >= 0.6 is 0 Å². The molecule has 0 bridgehead atoms. The number of carbonyl (C=O) groups is 1. The molecule has 98 valence electrons. The molecule has 1 saturated heterocycles. The van der Waals surface area contributed by atoms with Gasteiger partial charge in [0.15, 0.2) is 0 Å². The second-order valence-electron chi connectivity index (χ2n) is 4.81. The third-order valence-corrected chi connectivity index (χ3v) is 3.35. The fraction of sp³-hybridized carbons (Fsp3) is 0.462. The number of nitrogens with zero attached hydrogens (tertiary/aromatic N) is 1. The lowest BCUT2D eigenvalue weighted by Crippen LogP contribution is -2.49. The van der Waals surface area contributed by atoms with Crippen molar-refractivity contribution in [2.24, 2.45) is 11.7 Å². The number of urea groups is 1. The van der Waals surface area contributed by atoms with Gasteiger partial charge >= 0.3 is 6.03 Å². The number of hydrogen-bond acceptors (Lipinski definition) is 2. The maximum Gasteiger partial charge on any atom is 0.321 e. The Bertz CT molecular complexity index is 421. The molecule has 4 nitrogen and oxygen atoms in total. The van der Waals surface area contributed by atoms with Crippen molar-refractivity contribution < 1.29 is 9.18 Å². The zero-order valence-electron chi connectivity index (χ0n) is 10.4. The lowest BCUT2D eigenvalue weighted by atomic mass is 9.95. The third kappa shape index (κ3) is 2.98. The molecule has 2 rings (SSSR count). The summed E-state index contributed by atoms with van der Waals surface area (Å²) in [5, 5.41) is 2.75. The normalized spacial score (nSPS) is 23.8. The summed E-state index contributed by atoms with van der Waals surface area (Å²) < 4.78 is 12.7. The summed E-state index contributed by atoms with van der Waals surface area (Å²) in [6.45, 7) is 3.37. The Labute approximate surface area is 106 Å². The van der Waals surface area contributed by atoms with Crippen molar-refractivity contribution in [3.8, 4) is 0 Å². The van der Waals surface area contributed by atoms with Crippen molar-refractivity contribution >= 4 is 11.7 Å². The number of amides is 2. The predicted octanol–water partition coefficient (Wildman–Crippen LogP) is 2.03. The highest BCUT2D eigenvalue weighted by Gasteiger charge is 2.26. The van der Waals surface area contributed by atoms with Crippen LogP contribution in [-0.4, -0.2) is 30.1 Å². The van der Waals surface area contributed by atoms with E-state index in [1.165, 1.54) is 12.1 Å². The van der Waals surface area contributed by atoms with Gasteiger partial charge in [0.25, 0.3) is 0 Å². The van der Waals surface area contributed by atoms with Crippen LogP contribution in [0, 0.1) is 11.7 Å². The highest BCUT2D eigenvalue weighted by atomic mass is 19.1. The summed E-state index contributed by atoms with van der Waals surface area (Å²) in [6, 6.07) is 5.76. The van der Waals surface area contributed by atoms with Gasteiger partial charge in [-0.2, -0.15) is 0 Å². The van der Waals surface area contributed by atoms with Gasteiger partial charge in [-0.15, -0.1) is 0 Å². The molecule has 1 aromatic carbocycles. The molecule has 0 radical (unpaired) electrons. The van der Waals surface area contributed by atoms with E-state index in [1.54, 1.807) is 17.0 Å². The lowest BCUT2D eigenvalue weighted by Gasteiger charge is -2.35. The van der Waals surface area contributed by atoms with Crippen molar-refractivity contribution in [2.75, 3.05) is 18.4 Å². The number of benzene rings is 1. The Morgan fingerprint density at radius 3 is 2.72 bits per heavy atom. The van der Waals surface area contributed by atoms with Gasteiger partial charge in [-0.1, -0.05) is 6.92 Å². The molecule has 5 heteroatoms. The minimum Gasteiger partial charge on any atom is -0.327 e. The number of nitrogens with two attached hydrogens (primary N) is 1. The quantitative estimate of drug-likeness (QED) is 0.802. The fourth-order valence-corrected chi connectivity index (χ4v) is 2.08. The van der Waals surface area contributed by atoms with Crippen LogP contribution in [0.1, 0.15) is 13.3 Å². The van der Waals surface area contributed by atoms with Crippen molar-refractivity contribution in [3.05, 3.63) is 30.1 Å². The number of nitrogens with one attached hydrogen (secondary N) is 1. The SMILES string of the molecule is CC1CN(C(=O)Nc2ccc(F)cc2)CCC1N. The van der Waals surface area contributed by atoms with Crippen LogP contribution in [0.15, 0.2) is 24.3 Å². The summed E-state index contributed by atoms with van der Waals surface area (Å²) in [7, 11) is 0. The zero-order valence-corrected chi connectivity index (χ0v) is 10.4. The number of carbonyl (C=O) groups excluding carboxylic acids is 1. The topological polar surface area (TPSA) is 58.4 Å². The number of rotatable bonds is 1. The van der Waals surface area contributed by atoms with E-state index in [4.69, 9.17) is 5.73 Å². The fourth-order valence-electron chi connectivity index (χ4n) is 2.08. The first-order chi connectivity index (χ1) is 8.56. The van der Waals surface area contributed by atoms with Crippen LogP contribution in [0.2, 0.25) is 0 Å². The first-order valence-electron chi connectivity index (χ1n) is 6.13. The van der Waals surface area contributed by atoms with Gasteiger partial charge < -0.3 is 16.0 Å². The number of hydrogen-bond donors (Lipinski definition) is 2. The monoisotopic (exact) mass is 251 g/mol. The van der Waals surface area contributed by atoms with Gasteiger partial charge in [0, 0.05) is 24.8 Å². The summed E-state index contributed by atoms with van der Waals surface area (Å²) in [5.74, 6) is -0.0108. The molecule has 1 aromatic rings. The standard InChI is InChI=1S/C13H18FN3O/c1-9-8-17(7-6-12(9)15)13(18)16-11-4-2-10(14)3-5-11/h2-5,9,12H,6-8,15H2,1H3,(H,16,18). The number of anilines is 1. The van der Waals surface area contributed by atoms with E-state index in [0.29, 0.717) is 24.7 Å². The molecule has 1 fully saturated rings. The molecule has 0 spiro atoms. The number of halogens is 1. The van der Waals surface area contributed by atoms with Gasteiger partial charge in [0.2, 0.25) is 0 Å². The van der Waals surface area contributed by atoms with E-state index >= 15 is 0 Å². The van der Waals surface area contributed by atoms with Crippen LogP contribution in [0.5, 0.6) is 0 Å². The maximum atomic E-state index is 12.7. The summed E-state index contributed by atoms with van der Waals surface area (Å²) in [5.41, 5.74) is 6.51. The van der Waals surface area contributed by atoms with Gasteiger partial charge in [0.1, 0.15) is 5.82 Å². The zero-order chi connectivity index (χ0) is 13.1. The minimum atomic E-state index is -0.314. The van der Waals surface area contributed by atoms with E-state index < -0.39 is 0 Å². The molecule has 0 aliphatic carbocycles. The Hall–Kier alpha value is -1.62. The van der Waals surface area contributed by atoms with Crippen molar-refractivity contribution in [1.82, 2.24) is 4.90 Å².